The maximum atomic E-state index is 14.4. The molecule has 0 radical (unpaired) electrons. The minimum Gasteiger partial charge on any atom is -0.460 e. The number of nitrogens with one attached hydrogen (secondary N) is 1. The molecular weight excluding hydrogens is 779 g/mol. The summed E-state index contributed by atoms with van der Waals surface area (Å²) in [7, 11) is 1.70. The highest BCUT2D eigenvalue weighted by molar-refractivity contribution is 14.1. The summed E-state index contributed by atoms with van der Waals surface area (Å²) in [6, 6.07) is 45.1. The molecule has 10 heteroatoms. The first kappa shape index (κ1) is 36.1. The molecule has 0 saturated carbocycles. The summed E-state index contributed by atoms with van der Waals surface area (Å²) in [4.78, 5) is 21.4. The van der Waals surface area contributed by atoms with Crippen LogP contribution in [0.1, 0.15) is 22.3 Å². The van der Waals surface area contributed by atoms with E-state index >= 15 is 0 Å². The van der Waals surface area contributed by atoms with E-state index in [1.54, 1.807) is 7.11 Å². The van der Waals surface area contributed by atoms with Gasteiger partial charge in [0, 0.05) is 7.11 Å². The second-order valence-electron chi connectivity index (χ2n) is 12.6. The molecule has 1 aromatic heterocycles. The monoisotopic (exact) mass is 818 g/mol. The van der Waals surface area contributed by atoms with Crippen LogP contribution >= 0.6 is 22.6 Å². The Morgan fingerprint density at radius 2 is 1.43 bits per heavy atom. The summed E-state index contributed by atoms with van der Waals surface area (Å²) in [6.07, 6.45) is 6.39. The van der Waals surface area contributed by atoms with Crippen LogP contribution in [0.25, 0.3) is 11.0 Å². The van der Waals surface area contributed by atoms with Gasteiger partial charge < -0.3 is 19.0 Å². The van der Waals surface area contributed by atoms with Gasteiger partial charge in [-0.25, -0.2) is 0 Å². The summed E-state index contributed by atoms with van der Waals surface area (Å²) in [5.41, 5.74) is 5.43. The van der Waals surface area contributed by atoms with Gasteiger partial charge in [-0.05, 0) is 63.7 Å². The van der Waals surface area contributed by atoms with Crippen LogP contribution < -0.4 is 14.9 Å². The molecule has 0 bridgehead atoms. The topological polar surface area (TPSA) is 96.7 Å². The molecule has 0 spiro atoms. The van der Waals surface area contributed by atoms with Gasteiger partial charge in [0.05, 0.1) is 15.6 Å². The zero-order valence-corrected chi connectivity index (χ0v) is 31.3. The number of aromatic nitrogens is 3. The van der Waals surface area contributed by atoms with Crippen molar-refractivity contribution < 1.29 is 23.8 Å². The van der Waals surface area contributed by atoms with Crippen LogP contribution in [0.2, 0.25) is 0 Å². The molecule has 0 saturated heterocycles. The van der Waals surface area contributed by atoms with Gasteiger partial charge in [0.25, 0.3) is 6.79 Å². The molecule has 0 amide bonds. The van der Waals surface area contributed by atoms with Crippen molar-refractivity contribution in [3.63, 3.8) is 0 Å². The van der Waals surface area contributed by atoms with E-state index in [2.05, 4.69) is 80.7 Å². The molecule has 53 heavy (non-hydrogen) atoms. The molecule has 6 aromatic rings. The summed E-state index contributed by atoms with van der Waals surface area (Å²) in [6.45, 7) is 0.0801. The zero-order chi connectivity index (χ0) is 36.5. The number of para-hydroxylation sites is 1. The third-order valence-corrected chi connectivity index (χ3v) is 10.3. The van der Waals surface area contributed by atoms with Gasteiger partial charge in [-0.15, -0.1) is 5.10 Å². The van der Waals surface area contributed by atoms with Crippen LogP contribution in [0.15, 0.2) is 163 Å². The fraction of sp³-hybridized carbons (Fsp3) is 0.186. The van der Waals surface area contributed by atoms with Crippen molar-refractivity contribution in [2.24, 2.45) is 0 Å². The quantitative estimate of drug-likeness (QED) is 0.0381. The Bertz CT molecular complexity index is 2060. The van der Waals surface area contributed by atoms with E-state index in [0.717, 1.165) is 38.9 Å². The zero-order valence-electron chi connectivity index (χ0n) is 29.1. The first-order chi connectivity index (χ1) is 26.0. The van der Waals surface area contributed by atoms with E-state index in [4.69, 9.17) is 19.0 Å². The molecule has 1 unspecified atom stereocenters. The molecule has 0 aliphatic heterocycles. The number of ether oxygens (including phenoxy) is 3. The van der Waals surface area contributed by atoms with Crippen molar-refractivity contribution in [2.75, 3.05) is 20.5 Å². The fourth-order valence-electron chi connectivity index (χ4n) is 6.55. The van der Waals surface area contributed by atoms with Crippen LogP contribution in [0.4, 0.5) is 0 Å². The average molecular weight is 819 g/mol. The van der Waals surface area contributed by atoms with E-state index in [-0.39, 0.29) is 29.4 Å². The number of rotatable bonds is 15. The molecule has 5 aromatic carbocycles. The SMILES string of the molecule is COC1C=CC(COC(=O)[C@@H](Cc2ccc(OCOn3nnc4ccccc43)cc2)NC(c2ccccc2)(c2ccccc2)c2ccccc2)=C[C@H]1I. The van der Waals surface area contributed by atoms with Crippen LogP contribution in [0.3, 0.4) is 0 Å². The van der Waals surface area contributed by atoms with Gasteiger partial charge in [-0.1, -0.05) is 161 Å². The minimum absolute atomic E-state index is 0.0198. The highest BCUT2D eigenvalue weighted by atomic mass is 127. The van der Waals surface area contributed by atoms with Crippen molar-refractivity contribution in [3.8, 4) is 5.75 Å². The van der Waals surface area contributed by atoms with E-state index in [1.807, 2.05) is 115 Å². The molecule has 7 rings (SSSR count). The Hall–Kier alpha value is -5.30. The predicted octanol–water partition coefficient (Wildman–Crippen LogP) is 7.25. The smallest absolute Gasteiger partial charge is 0.323 e. The molecule has 0 fully saturated rings. The Morgan fingerprint density at radius 1 is 0.830 bits per heavy atom. The van der Waals surface area contributed by atoms with Crippen molar-refractivity contribution in [3.05, 3.63) is 186 Å². The molecule has 1 aliphatic carbocycles. The molecular formula is C43H39IN4O5. The van der Waals surface area contributed by atoms with Crippen LogP contribution in [-0.4, -0.2) is 57.7 Å². The number of fused-ring (bicyclic) bond motifs is 1. The van der Waals surface area contributed by atoms with Crippen LogP contribution in [0, 0.1) is 0 Å². The van der Waals surface area contributed by atoms with Gasteiger partial charge in [0.15, 0.2) is 0 Å². The van der Waals surface area contributed by atoms with Crippen molar-refractivity contribution in [2.45, 2.75) is 28.0 Å². The Morgan fingerprint density at radius 3 is 2.04 bits per heavy atom. The second-order valence-corrected chi connectivity index (χ2v) is 14.0. The summed E-state index contributed by atoms with van der Waals surface area (Å²) < 4.78 is 17.7. The number of hydrogen-bond acceptors (Lipinski definition) is 8. The summed E-state index contributed by atoms with van der Waals surface area (Å²) in [5.74, 6) is 0.246. The third-order valence-electron chi connectivity index (χ3n) is 9.22. The lowest BCUT2D eigenvalue weighted by Gasteiger charge is -2.39. The largest absolute Gasteiger partial charge is 0.460 e. The van der Waals surface area contributed by atoms with Crippen LogP contribution in [-0.2, 0) is 26.2 Å². The number of hydrogen-bond donors (Lipinski definition) is 1. The Balaban J connectivity index is 1.16. The van der Waals surface area contributed by atoms with Gasteiger partial charge in [0.2, 0.25) is 0 Å². The molecule has 1 aliphatic rings. The lowest BCUT2D eigenvalue weighted by molar-refractivity contribution is -0.145. The maximum absolute atomic E-state index is 14.4. The van der Waals surface area contributed by atoms with E-state index < -0.39 is 11.6 Å². The standard InChI is InChI=1S/C43H39IN4O5/c1-50-41-26-23-32(27-37(41)44)29-51-42(49)39(28-31-21-24-36(25-22-31)52-30-53-48-40-20-12-11-19-38(40)46-47-48)45-43(33-13-5-2-6-14-33,34-15-7-3-8-16-34)35-17-9-4-10-18-35/h2-27,37,39,41,45H,28-30H2,1H3/t37-,39-,41?/m1/s1. The van der Waals surface area contributed by atoms with E-state index in [9.17, 15) is 4.79 Å². The van der Waals surface area contributed by atoms with E-state index in [1.165, 1.54) is 4.85 Å². The summed E-state index contributed by atoms with van der Waals surface area (Å²) >= 11 is 2.34. The second kappa shape index (κ2) is 17.0. The fourth-order valence-corrected chi connectivity index (χ4v) is 7.55. The highest BCUT2D eigenvalue weighted by Gasteiger charge is 2.40. The lowest BCUT2D eigenvalue weighted by atomic mass is 9.76. The molecule has 1 N–H and O–H groups in total. The minimum atomic E-state index is -0.887. The van der Waals surface area contributed by atoms with Crippen LogP contribution in [0.5, 0.6) is 5.75 Å². The predicted molar refractivity (Wildman–Crippen MR) is 213 cm³/mol. The lowest BCUT2D eigenvalue weighted by Crippen LogP contribution is -2.54. The summed E-state index contributed by atoms with van der Waals surface area (Å²) in [5, 5.41) is 12.0. The first-order valence-corrected chi connectivity index (χ1v) is 18.6. The van der Waals surface area contributed by atoms with Gasteiger partial charge >= 0.3 is 5.97 Å². The highest BCUT2D eigenvalue weighted by Crippen LogP contribution is 2.38. The van der Waals surface area contributed by atoms with E-state index in [0.29, 0.717) is 12.2 Å². The average Bonchev–Trinajstić information content (AvgIpc) is 3.63. The molecule has 3 atom stereocenters. The normalized spacial score (nSPS) is 16.2. The number of carbonyl (C=O) groups excluding carboxylic acids is 1. The maximum Gasteiger partial charge on any atom is 0.323 e. The number of methoxy groups -OCH3 is 1. The molecule has 1 heterocycles. The molecule has 268 valence electrons. The first-order valence-electron chi connectivity index (χ1n) is 17.4. The van der Waals surface area contributed by atoms with Gasteiger partial charge in [0.1, 0.15) is 29.4 Å². The Labute approximate surface area is 322 Å². The Kier molecular flexibility index (Phi) is 11.6. The van der Waals surface area contributed by atoms with Gasteiger partial charge in [-0.2, -0.15) is 0 Å². The number of benzene rings is 5. The van der Waals surface area contributed by atoms with Crippen molar-refractivity contribution >= 4 is 39.6 Å². The van der Waals surface area contributed by atoms with Crippen molar-refractivity contribution in [1.29, 1.82) is 0 Å². The number of esters is 1. The third kappa shape index (κ3) is 8.35. The number of halogens is 1. The number of nitrogens with zero attached hydrogens (tertiary/aromatic N) is 3. The molecule has 9 nitrogen and oxygen atoms in total. The number of carbonyl (C=O) groups is 1. The van der Waals surface area contributed by atoms with Gasteiger partial charge in [-0.3, -0.25) is 10.1 Å². The van der Waals surface area contributed by atoms with Crippen molar-refractivity contribution in [1.82, 2.24) is 20.5 Å². The number of alkyl halides is 1.